The highest BCUT2D eigenvalue weighted by Crippen LogP contribution is 2.32. The predicted octanol–water partition coefficient (Wildman–Crippen LogP) is 3.39. The molecule has 4 rings (SSSR count). The third-order valence-corrected chi connectivity index (χ3v) is 5.57. The Hall–Kier alpha value is -3.13. The van der Waals surface area contributed by atoms with Crippen LogP contribution >= 0.6 is 0 Å². The number of hydrogen-bond donors (Lipinski definition) is 2. The summed E-state index contributed by atoms with van der Waals surface area (Å²) in [6.45, 7) is 4.17. The number of imidazole rings is 1. The van der Waals surface area contributed by atoms with Gasteiger partial charge < -0.3 is 24.4 Å². The standard InChI is InChI=1S/C22H26N4O4/c1-30-19-7-6-15(13-18(19)27)20-24-17-12-16(22(28)29)14-23-21(17)26(20)11-5-4-10-25-8-2-3-9-25/h6-7,12-14,27H,2-5,8-11H2,1H3,(H,28,29). The van der Waals surface area contributed by atoms with Gasteiger partial charge in [0.1, 0.15) is 11.3 Å². The molecule has 3 heterocycles. The number of carboxylic acid groups (broad SMARTS) is 1. The van der Waals surface area contributed by atoms with Crippen LogP contribution in [0.4, 0.5) is 0 Å². The zero-order chi connectivity index (χ0) is 21.1. The van der Waals surface area contributed by atoms with Gasteiger partial charge in [0, 0.05) is 18.3 Å². The van der Waals surface area contributed by atoms with Crippen LogP contribution in [0.5, 0.6) is 11.5 Å². The van der Waals surface area contributed by atoms with Crippen LogP contribution in [0.2, 0.25) is 0 Å². The number of unbranched alkanes of at least 4 members (excludes halogenated alkanes) is 1. The van der Waals surface area contributed by atoms with Crippen molar-refractivity contribution in [3.05, 3.63) is 36.0 Å². The normalized spacial score (nSPS) is 14.4. The molecular weight excluding hydrogens is 384 g/mol. The van der Waals surface area contributed by atoms with E-state index in [1.165, 1.54) is 45.3 Å². The molecule has 1 saturated heterocycles. The van der Waals surface area contributed by atoms with E-state index >= 15 is 0 Å². The van der Waals surface area contributed by atoms with Crippen molar-refractivity contribution in [2.24, 2.45) is 0 Å². The molecule has 0 unspecified atom stereocenters. The summed E-state index contributed by atoms with van der Waals surface area (Å²) in [5.74, 6) is 0.0347. The Bertz CT molecular complexity index is 1060. The van der Waals surface area contributed by atoms with E-state index in [1.54, 1.807) is 12.1 Å². The second kappa shape index (κ2) is 8.71. The van der Waals surface area contributed by atoms with Gasteiger partial charge in [-0.1, -0.05) is 0 Å². The van der Waals surface area contributed by atoms with Crippen molar-refractivity contribution in [2.45, 2.75) is 32.2 Å². The van der Waals surface area contributed by atoms with Gasteiger partial charge in [-0.25, -0.2) is 14.8 Å². The molecule has 158 valence electrons. The van der Waals surface area contributed by atoms with Crippen LogP contribution < -0.4 is 4.74 Å². The van der Waals surface area contributed by atoms with Gasteiger partial charge in [0.2, 0.25) is 0 Å². The molecule has 3 aromatic rings. The summed E-state index contributed by atoms with van der Waals surface area (Å²) in [6.07, 6.45) is 5.96. The molecule has 8 nitrogen and oxygen atoms in total. The van der Waals surface area contributed by atoms with E-state index in [-0.39, 0.29) is 11.3 Å². The van der Waals surface area contributed by atoms with Gasteiger partial charge in [0.15, 0.2) is 17.1 Å². The number of aromatic carboxylic acids is 1. The SMILES string of the molecule is COc1ccc(-c2nc3cc(C(=O)O)cnc3n2CCCCN2CCCC2)cc1O. The molecule has 0 atom stereocenters. The lowest BCUT2D eigenvalue weighted by molar-refractivity contribution is 0.0696. The molecule has 8 heteroatoms. The van der Waals surface area contributed by atoms with Gasteiger partial charge in [0.05, 0.1) is 12.7 Å². The number of pyridine rings is 1. The summed E-state index contributed by atoms with van der Waals surface area (Å²) in [4.78, 5) is 22.9. The predicted molar refractivity (Wildman–Crippen MR) is 113 cm³/mol. The summed E-state index contributed by atoms with van der Waals surface area (Å²) in [6, 6.07) is 6.67. The van der Waals surface area contributed by atoms with Crippen LogP contribution in [0.1, 0.15) is 36.0 Å². The summed E-state index contributed by atoms with van der Waals surface area (Å²) < 4.78 is 7.14. The summed E-state index contributed by atoms with van der Waals surface area (Å²) in [7, 11) is 1.50. The van der Waals surface area contributed by atoms with Crippen LogP contribution in [0.3, 0.4) is 0 Å². The van der Waals surface area contributed by atoms with Gasteiger partial charge in [-0.2, -0.15) is 0 Å². The van der Waals surface area contributed by atoms with Crippen molar-refractivity contribution >= 4 is 17.1 Å². The average molecular weight is 410 g/mol. The molecular formula is C22H26N4O4. The van der Waals surface area contributed by atoms with Crippen LogP contribution in [0.25, 0.3) is 22.6 Å². The van der Waals surface area contributed by atoms with Crippen LogP contribution in [0.15, 0.2) is 30.5 Å². The van der Waals surface area contributed by atoms with Crippen molar-refractivity contribution in [1.82, 2.24) is 19.4 Å². The maximum absolute atomic E-state index is 11.3. The van der Waals surface area contributed by atoms with E-state index in [4.69, 9.17) is 4.74 Å². The molecule has 0 amide bonds. The van der Waals surface area contributed by atoms with Gasteiger partial charge in [-0.05, 0) is 69.6 Å². The average Bonchev–Trinajstić information content (AvgIpc) is 3.38. The summed E-state index contributed by atoms with van der Waals surface area (Å²) in [5, 5.41) is 19.5. The van der Waals surface area contributed by atoms with Crippen molar-refractivity contribution in [1.29, 1.82) is 0 Å². The molecule has 0 aliphatic carbocycles. The fourth-order valence-corrected chi connectivity index (χ4v) is 4.00. The number of ether oxygens (including phenoxy) is 1. The van der Waals surface area contributed by atoms with E-state index in [9.17, 15) is 15.0 Å². The molecule has 0 saturated carbocycles. The van der Waals surface area contributed by atoms with Crippen LogP contribution in [-0.2, 0) is 6.54 Å². The molecule has 30 heavy (non-hydrogen) atoms. The minimum atomic E-state index is -1.03. The van der Waals surface area contributed by atoms with Crippen LogP contribution in [0, 0.1) is 0 Å². The zero-order valence-electron chi connectivity index (χ0n) is 17.0. The number of carbonyl (C=O) groups is 1. The zero-order valence-corrected chi connectivity index (χ0v) is 17.0. The van der Waals surface area contributed by atoms with Crippen molar-refractivity contribution in [2.75, 3.05) is 26.7 Å². The highest BCUT2D eigenvalue weighted by atomic mass is 16.5. The number of aryl methyl sites for hydroxylation is 1. The number of aromatic nitrogens is 3. The molecule has 0 radical (unpaired) electrons. The van der Waals surface area contributed by atoms with E-state index in [2.05, 4.69) is 14.9 Å². The van der Waals surface area contributed by atoms with Crippen molar-refractivity contribution < 1.29 is 19.7 Å². The Balaban J connectivity index is 1.65. The summed E-state index contributed by atoms with van der Waals surface area (Å²) in [5.41, 5.74) is 2.00. The number of phenolic OH excluding ortho intramolecular Hbond substituents is 1. The first-order valence-corrected chi connectivity index (χ1v) is 10.3. The Kier molecular flexibility index (Phi) is 5.85. The van der Waals surface area contributed by atoms with Gasteiger partial charge >= 0.3 is 5.97 Å². The highest BCUT2D eigenvalue weighted by molar-refractivity contribution is 5.91. The highest BCUT2D eigenvalue weighted by Gasteiger charge is 2.17. The maximum atomic E-state index is 11.3. The molecule has 0 spiro atoms. The fraction of sp³-hybridized carbons (Fsp3) is 0.409. The van der Waals surface area contributed by atoms with E-state index < -0.39 is 5.97 Å². The monoisotopic (exact) mass is 410 g/mol. The number of carboxylic acids is 1. The number of fused-ring (bicyclic) bond motifs is 1. The van der Waals surface area contributed by atoms with Crippen molar-refractivity contribution in [3.63, 3.8) is 0 Å². The third-order valence-electron chi connectivity index (χ3n) is 5.57. The smallest absolute Gasteiger partial charge is 0.337 e. The van der Waals surface area contributed by atoms with Gasteiger partial charge in [-0.3, -0.25) is 0 Å². The first kappa shape index (κ1) is 20.2. The second-order valence-electron chi connectivity index (χ2n) is 7.60. The third kappa shape index (κ3) is 4.09. The largest absolute Gasteiger partial charge is 0.504 e. The Morgan fingerprint density at radius 2 is 1.93 bits per heavy atom. The second-order valence-corrected chi connectivity index (χ2v) is 7.60. The minimum Gasteiger partial charge on any atom is -0.504 e. The Labute approximate surface area is 174 Å². The molecule has 0 bridgehead atoms. The lowest BCUT2D eigenvalue weighted by Crippen LogP contribution is -2.20. The molecule has 1 aromatic carbocycles. The number of methoxy groups -OCH3 is 1. The number of phenols is 1. The maximum Gasteiger partial charge on any atom is 0.337 e. The number of aromatic hydroxyl groups is 1. The number of nitrogens with zero attached hydrogens (tertiary/aromatic N) is 4. The first-order valence-electron chi connectivity index (χ1n) is 10.3. The minimum absolute atomic E-state index is 0.0295. The Morgan fingerprint density at radius 3 is 2.63 bits per heavy atom. The van der Waals surface area contributed by atoms with Gasteiger partial charge in [0.25, 0.3) is 0 Å². The van der Waals surface area contributed by atoms with E-state index in [0.29, 0.717) is 29.3 Å². The van der Waals surface area contributed by atoms with E-state index in [1.807, 2.05) is 10.6 Å². The molecule has 1 aliphatic heterocycles. The number of likely N-dealkylation sites (tertiary alicyclic amines) is 1. The quantitative estimate of drug-likeness (QED) is 0.549. The molecule has 1 aliphatic rings. The number of benzene rings is 1. The van der Waals surface area contributed by atoms with Crippen LogP contribution in [-0.4, -0.2) is 62.4 Å². The molecule has 2 N–H and O–H groups in total. The lowest BCUT2D eigenvalue weighted by Gasteiger charge is -2.15. The number of rotatable bonds is 8. The first-order chi connectivity index (χ1) is 14.6. The topological polar surface area (TPSA) is 101 Å². The molecule has 2 aromatic heterocycles. The number of hydrogen-bond acceptors (Lipinski definition) is 6. The van der Waals surface area contributed by atoms with Crippen molar-refractivity contribution in [3.8, 4) is 22.9 Å². The Morgan fingerprint density at radius 1 is 1.17 bits per heavy atom. The lowest BCUT2D eigenvalue weighted by atomic mass is 10.2. The van der Waals surface area contributed by atoms with Gasteiger partial charge in [-0.15, -0.1) is 0 Å². The van der Waals surface area contributed by atoms with E-state index in [0.717, 1.165) is 24.9 Å². The molecule has 1 fully saturated rings. The fourth-order valence-electron chi connectivity index (χ4n) is 4.00. The summed E-state index contributed by atoms with van der Waals surface area (Å²) >= 11 is 0.